The van der Waals surface area contributed by atoms with Gasteiger partial charge in [-0.15, -0.1) is 16.8 Å². The zero-order chi connectivity index (χ0) is 19.3. The number of nitrogens with zero attached hydrogens (tertiary/aromatic N) is 3. The van der Waals surface area contributed by atoms with Gasteiger partial charge in [-0.25, -0.2) is 4.79 Å². The second-order valence-electron chi connectivity index (χ2n) is 5.97. The van der Waals surface area contributed by atoms with Crippen LogP contribution in [0.1, 0.15) is 17.5 Å². The Morgan fingerprint density at radius 3 is 2.38 bits per heavy atom. The van der Waals surface area contributed by atoms with Gasteiger partial charge in [0.1, 0.15) is 0 Å². The van der Waals surface area contributed by atoms with Crippen molar-refractivity contribution in [2.24, 2.45) is 10.2 Å². The van der Waals surface area contributed by atoms with Crippen molar-refractivity contribution in [3.63, 3.8) is 0 Å². The van der Waals surface area contributed by atoms with Crippen molar-refractivity contribution in [3.8, 4) is 0 Å². The number of nitrogens with one attached hydrogen (secondary N) is 1. The molecule has 1 fully saturated rings. The van der Waals surface area contributed by atoms with Gasteiger partial charge in [-0.1, -0.05) is 24.3 Å². The van der Waals surface area contributed by atoms with Crippen molar-refractivity contribution < 1.29 is 27.6 Å². The predicted octanol–water partition coefficient (Wildman–Crippen LogP) is 2.39. The summed E-state index contributed by atoms with van der Waals surface area (Å²) in [6.07, 6.45) is -3.66. The van der Waals surface area contributed by atoms with Crippen LogP contribution < -0.4 is 5.32 Å². The third kappa shape index (κ3) is 2.25. The van der Waals surface area contributed by atoms with Gasteiger partial charge in [-0.3, -0.25) is 19.8 Å². The summed E-state index contributed by atoms with van der Waals surface area (Å²) in [5.41, 5.74) is -4.90. The molecule has 1 saturated heterocycles. The fourth-order valence-corrected chi connectivity index (χ4v) is 2.98. The van der Waals surface area contributed by atoms with Crippen LogP contribution in [0.3, 0.4) is 0 Å². The van der Waals surface area contributed by atoms with E-state index >= 15 is 0 Å². The number of imide groups is 2. The van der Waals surface area contributed by atoms with E-state index in [0.717, 1.165) is 6.07 Å². The lowest BCUT2D eigenvalue weighted by Crippen LogP contribution is -2.64. The van der Waals surface area contributed by atoms with E-state index in [1.165, 1.54) is 31.3 Å². The Hall–Kier alpha value is -3.04. The lowest BCUT2D eigenvalue weighted by Gasteiger charge is -2.37. The molecule has 1 aromatic rings. The molecule has 0 saturated carbocycles. The monoisotopic (exact) mass is 366 g/mol. The molecule has 26 heavy (non-hydrogen) atoms. The normalized spacial score (nSPS) is 24.5. The topological polar surface area (TPSA) is 91.2 Å². The fourth-order valence-electron chi connectivity index (χ4n) is 2.98. The largest absolute Gasteiger partial charge is 0.442 e. The van der Waals surface area contributed by atoms with Gasteiger partial charge in [0.05, 0.1) is 0 Å². The molecule has 1 atom stereocenters. The Morgan fingerprint density at radius 2 is 1.85 bits per heavy atom. The summed E-state index contributed by atoms with van der Waals surface area (Å²) in [5.74, 6) is -1.78. The van der Waals surface area contributed by atoms with E-state index in [2.05, 4.69) is 16.8 Å². The van der Waals surface area contributed by atoms with Crippen molar-refractivity contribution >= 4 is 17.8 Å². The highest BCUT2D eigenvalue weighted by Crippen LogP contribution is 2.52. The molecule has 0 aromatic heterocycles. The average molecular weight is 366 g/mol. The van der Waals surface area contributed by atoms with Crippen LogP contribution in [-0.4, -0.2) is 36.0 Å². The van der Waals surface area contributed by atoms with E-state index in [0.29, 0.717) is 4.90 Å². The average Bonchev–Trinajstić information content (AvgIpc) is 3.39. The zero-order valence-corrected chi connectivity index (χ0v) is 13.5. The third-order valence-electron chi connectivity index (χ3n) is 4.49. The Labute approximate surface area is 145 Å². The Kier molecular flexibility index (Phi) is 3.75. The number of barbiturate groups is 1. The maximum absolute atomic E-state index is 13.3. The number of carbonyl (C=O) groups excluding carboxylic acids is 3. The summed E-state index contributed by atoms with van der Waals surface area (Å²) in [6, 6.07) is 3.95. The Bertz CT molecular complexity index is 859. The Morgan fingerprint density at radius 1 is 1.23 bits per heavy atom. The van der Waals surface area contributed by atoms with Crippen molar-refractivity contribution in [1.82, 2.24) is 10.2 Å². The molecule has 1 aromatic carbocycles. The van der Waals surface area contributed by atoms with Gasteiger partial charge < -0.3 is 0 Å². The van der Waals surface area contributed by atoms with Crippen LogP contribution in [0, 0.1) is 0 Å². The van der Waals surface area contributed by atoms with Gasteiger partial charge in [0, 0.05) is 12.6 Å². The molecule has 4 amide bonds. The molecule has 136 valence electrons. The van der Waals surface area contributed by atoms with Gasteiger partial charge in [0.25, 0.3) is 5.91 Å². The second kappa shape index (κ2) is 5.48. The molecule has 0 spiro atoms. The first-order valence-electron chi connectivity index (χ1n) is 7.46. The summed E-state index contributed by atoms with van der Waals surface area (Å²) in [4.78, 5) is 37.7. The molecule has 2 heterocycles. The smallest absolute Gasteiger partial charge is 0.276 e. The molecule has 0 unspecified atom stereocenters. The quantitative estimate of drug-likeness (QED) is 0.655. The first kappa shape index (κ1) is 17.8. The van der Waals surface area contributed by atoms with Crippen LogP contribution in [0.2, 0.25) is 0 Å². The summed E-state index contributed by atoms with van der Waals surface area (Å²) < 4.78 is 39.8. The molecule has 1 N–H and O–H groups in total. The van der Waals surface area contributed by atoms with Crippen LogP contribution in [0.4, 0.5) is 18.0 Å². The number of hydrogen-bond donors (Lipinski definition) is 1. The molecule has 3 rings (SSSR count). The molecular weight excluding hydrogens is 353 g/mol. The number of amides is 4. The molecular formula is C16H13F3N4O3. The SMILES string of the molecule is C=CC[C@]1(c2cccc(C3(C(F)(F)F)N=N3)c2)C(=O)NC(=O)N(C)C1=O. The molecule has 0 aliphatic carbocycles. The lowest BCUT2D eigenvalue weighted by atomic mass is 9.73. The van der Waals surface area contributed by atoms with Gasteiger partial charge in [-0.05, 0) is 18.1 Å². The molecule has 0 radical (unpaired) electrons. The number of allylic oxidation sites excluding steroid dienone is 1. The van der Waals surface area contributed by atoms with E-state index in [4.69, 9.17) is 0 Å². The first-order chi connectivity index (χ1) is 12.1. The molecule has 10 heteroatoms. The minimum Gasteiger partial charge on any atom is -0.276 e. The third-order valence-corrected chi connectivity index (χ3v) is 4.49. The number of benzene rings is 1. The van der Waals surface area contributed by atoms with Crippen LogP contribution in [0.5, 0.6) is 0 Å². The van der Waals surface area contributed by atoms with Crippen molar-refractivity contribution in [2.45, 2.75) is 23.7 Å². The number of alkyl halides is 3. The van der Waals surface area contributed by atoms with Crippen LogP contribution in [0.15, 0.2) is 47.1 Å². The molecule has 2 aliphatic heterocycles. The number of likely N-dealkylation sites (N-methyl/N-ethyl adjacent to an activating group) is 1. The number of rotatable bonds is 4. The van der Waals surface area contributed by atoms with Crippen LogP contribution in [-0.2, 0) is 20.7 Å². The van der Waals surface area contributed by atoms with E-state index in [-0.39, 0.29) is 17.5 Å². The van der Waals surface area contributed by atoms with Crippen LogP contribution in [0.25, 0.3) is 0 Å². The summed E-state index contributed by atoms with van der Waals surface area (Å²) >= 11 is 0. The standard InChI is InChI=1S/C16H13F3N4O3/c1-3-7-14(11(24)20-13(26)23(2)12(14)25)9-5-4-6-10(8-9)15(21-22-15)16(17,18)19/h3-6,8H,1,7H2,2H3,(H,20,24,26)/t14-/m0/s1. The second-order valence-corrected chi connectivity index (χ2v) is 5.97. The highest BCUT2D eigenvalue weighted by molar-refractivity contribution is 6.22. The Balaban J connectivity index is 2.15. The molecule has 2 aliphatic rings. The molecule has 0 bridgehead atoms. The minimum absolute atomic E-state index is 0.00215. The van der Waals surface area contributed by atoms with E-state index in [1.807, 2.05) is 5.32 Å². The number of halogens is 3. The summed E-state index contributed by atoms with van der Waals surface area (Å²) in [5, 5.41) is 8.30. The first-order valence-corrected chi connectivity index (χ1v) is 7.46. The van der Waals surface area contributed by atoms with Gasteiger partial charge in [0.15, 0.2) is 5.41 Å². The fraction of sp³-hybridized carbons (Fsp3) is 0.312. The van der Waals surface area contributed by atoms with E-state index in [1.54, 1.807) is 0 Å². The molecule has 7 nitrogen and oxygen atoms in total. The highest BCUT2D eigenvalue weighted by Gasteiger charge is 2.65. The highest BCUT2D eigenvalue weighted by atomic mass is 19.4. The predicted molar refractivity (Wildman–Crippen MR) is 81.8 cm³/mol. The van der Waals surface area contributed by atoms with Gasteiger partial charge in [-0.2, -0.15) is 13.2 Å². The maximum Gasteiger partial charge on any atom is 0.442 e. The van der Waals surface area contributed by atoms with Crippen LogP contribution >= 0.6 is 0 Å². The van der Waals surface area contributed by atoms with Gasteiger partial charge >= 0.3 is 17.9 Å². The van der Waals surface area contributed by atoms with Gasteiger partial charge in [0.2, 0.25) is 5.91 Å². The van der Waals surface area contributed by atoms with E-state index in [9.17, 15) is 27.6 Å². The number of urea groups is 1. The number of hydrogen-bond acceptors (Lipinski definition) is 5. The van der Waals surface area contributed by atoms with E-state index < -0.39 is 35.1 Å². The number of carbonyl (C=O) groups is 3. The maximum atomic E-state index is 13.3. The zero-order valence-electron chi connectivity index (χ0n) is 13.5. The van der Waals surface area contributed by atoms with Crippen molar-refractivity contribution in [1.29, 1.82) is 0 Å². The minimum atomic E-state index is -4.75. The summed E-state index contributed by atoms with van der Waals surface area (Å²) in [7, 11) is 1.18. The van der Waals surface area contributed by atoms with Crippen molar-refractivity contribution in [2.75, 3.05) is 7.05 Å². The lowest BCUT2D eigenvalue weighted by molar-refractivity contribution is -0.166. The summed E-state index contributed by atoms with van der Waals surface area (Å²) in [6.45, 7) is 3.51. The van der Waals surface area contributed by atoms with Crippen molar-refractivity contribution in [3.05, 3.63) is 48.0 Å².